The number of amides is 1. The monoisotopic (exact) mass is 353 g/mol. The van der Waals surface area contributed by atoms with Gasteiger partial charge in [-0.1, -0.05) is 4.68 Å². The first-order valence-corrected chi connectivity index (χ1v) is 7.63. The van der Waals surface area contributed by atoms with E-state index in [0.717, 1.165) is 11.8 Å². The lowest BCUT2D eigenvalue weighted by atomic mass is 10.2. The number of ether oxygens (including phenoxy) is 1. The highest BCUT2D eigenvalue weighted by atomic mass is 32.2. The van der Waals surface area contributed by atoms with E-state index in [-0.39, 0.29) is 22.2 Å². The number of carboxylic acid groups (broad SMARTS) is 1. The van der Waals surface area contributed by atoms with Gasteiger partial charge in [-0.2, -0.15) is 0 Å². The standard InChI is InChI=1S/C14H15N3O6S/c1-7(24-12-14(21)23-16-17(12)2)11(18)15-9-5-4-8(13(19)20)6-10(9)22-3/h4-7H,1-3H3,(H2-,15,16,18,19,20,21). The van der Waals surface area contributed by atoms with Gasteiger partial charge in [0.15, 0.2) is 13.0 Å². The van der Waals surface area contributed by atoms with Gasteiger partial charge in [0.05, 0.1) is 28.9 Å². The molecule has 0 spiro atoms. The fourth-order valence-electron chi connectivity index (χ4n) is 1.81. The van der Waals surface area contributed by atoms with E-state index in [1.54, 1.807) is 6.92 Å². The molecule has 0 aliphatic heterocycles. The molecule has 1 unspecified atom stereocenters. The minimum absolute atomic E-state index is 0.0414. The summed E-state index contributed by atoms with van der Waals surface area (Å²) in [5.74, 6) is -1.88. The number of hydrogen-bond acceptors (Lipinski definition) is 7. The van der Waals surface area contributed by atoms with E-state index in [1.165, 1.54) is 37.0 Å². The minimum atomic E-state index is -1.10. The SMILES string of the molecule is COc1cc(C(=O)O)ccc1NC(=O)C(C)Sc1c([O-])on[n+]1C. The lowest BCUT2D eigenvalue weighted by Gasteiger charge is -2.13. The van der Waals surface area contributed by atoms with Crippen molar-refractivity contribution >= 4 is 29.3 Å². The molecule has 1 heterocycles. The summed E-state index contributed by atoms with van der Waals surface area (Å²) in [5.41, 5.74) is 0.372. The summed E-state index contributed by atoms with van der Waals surface area (Å²) in [4.78, 5) is 23.2. The lowest BCUT2D eigenvalue weighted by molar-refractivity contribution is -0.772. The Morgan fingerprint density at radius 1 is 1.50 bits per heavy atom. The van der Waals surface area contributed by atoms with Crippen molar-refractivity contribution in [1.29, 1.82) is 0 Å². The van der Waals surface area contributed by atoms with Crippen molar-refractivity contribution in [3.8, 4) is 11.7 Å². The van der Waals surface area contributed by atoms with Crippen molar-refractivity contribution in [1.82, 2.24) is 5.27 Å². The Kier molecular flexibility index (Phi) is 5.29. The molecule has 128 valence electrons. The molecule has 2 aromatic rings. The zero-order valence-electron chi connectivity index (χ0n) is 13.1. The Morgan fingerprint density at radius 2 is 2.21 bits per heavy atom. The van der Waals surface area contributed by atoms with Gasteiger partial charge in [-0.05, 0) is 36.9 Å². The average molecular weight is 353 g/mol. The molecule has 10 heteroatoms. The van der Waals surface area contributed by atoms with Gasteiger partial charge in [0, 0.05) is 0 Å². The number of nitrogens with one attached hydrogen (secondary N) is 1. The highest BCUT2D eigenvalue weighted by Crippen LogP contribution is 2.29. The van der Waals surface area contributed by atoms with Crippen LogP contribution in [0.5, 0.6) is 11.7 Å². The molecule has 0 radical (unpaired) electrons. The zero-order valence-corrected chi connectivity index (χ0v) is 13.9. The van der Waals surface area contributed by atoms with Crippen molar-refractivity contribution < 1.29 is 33.7 Å². The Balaban J connectivity index is 2.12. The number of methoxy groups -OCH3 is 1. The quantitative estimate of drug-likeness (QED) is 0.564. The number of nitrogens with zero attached hydrogens (tertiary/aromatic N) is 2. The van der Waals surface area contributed by atoms with Crippen LogP contribution in [0.25, 0.3) is 0 Å². The number of rotatable bonds is 6. The number of aromatic nitrogens is 2. The molecule has 1 aromatic heterocycles. The molecule has 2 rings (SSSR count). The normalized spacial score (nSPS) is 11.8. The van der Waals surface area contributed by atoms with Crippen molar-refractivity contribution in [2.45, 2.75) is 17.2 Å². The molecule has 24 heavy (non-hydrogen) atoms. The maximum absolute atomic E-state index is 12.3. The first-order valence-electron chi connectivity index (χ1n) is 6.75. The molecule has 0 bridgehead atoms. The van der Waals surface area contributed by atoms with Gasteiger partial charge in [0.2, 0.25) is 5.91 Å². The number of carboxylic acids is 1. The van der Waals surface area contributed by atoms with Crippen LogP contribution in [0.1, 0.15) is 17.3 Å². The first-order chi connectivity index (χ1) is 11.3. The molecule has 0 saturated heterocycles. The summed E-state index contributed by atoms with van der Waals surface area (Å²) in [5, 5.41) is 26.1. The molecule has 0 aliphatic carbocycles. The molecule has 9 nitrogen and oxygen atoms in total. The summed E-state index contributed by atoms with van der Waals surface area (Å²) in [7, 11) is 2.90. The topological polar surface area (TPSA) is 129 Å². The molecule has 1 atom stereocenters. The fraction of sp³-hybridized carbons (Fsp3) is 0.286. The smallest absolute Gasteiger partial charge is 0.335 e. The predicted molar refractivity (Wildman–Crippen MR) is 81.0 cm³/mol. The number of anilines is 1. The summed E-state index contributed by atoms with van der Waals surface area (Å²) in [6.45, 7) is 1.62. The molecular formula is C14H15N3O6S. The van der Waals surface area contributed by atoms with Crippen LogP contribution in [0.2, 0.25) is 0 Å². The largest absolute Gasteiger partial charge is 0.538 e. The third kappa shape index (κ3) is 3.77. The van der Waals surface area contributed by atoms with Gasteiger partial charge in [0.25, 0.3) is 5.03 Å². The number of hydrogen-bond donors (Lipinski definition) is 2. The fourth-order valence-corrected chi connectivity index (χ4v) is 2.63. The maximum atomic E-state index is 12.3. The van der Waals surface area contributed by atoms with Crippen LogP contribution in [0.4, 0.5) is 5.69 Å². The summed E-state index contributed by atoms with van der Waals surface area (Å²) < 4.78 is 10.8. The number of carbonyl (C=O) groups excluding carboxylic acids is 1. The summed E-state index contributed by atoms with van der Waals surface area (Å²) in [6.07, 6.45) is 0. The van der Waals surface area contributed by atoms with E-state index in [9.17, 15) is 14.7 Å². The number of thioether (sulfide) groups is 1. The maximum Gasteiger partial charge on any atom is 0.335 e. The Labute approximate surface area is 141 Å². The number of aromatic carboxylic acids is 1. The second-order valence-electron chi connectivity index (χ2n) is 4.76. The van der Waals surface area contributed by atoms with Gasteiger partial charge in [-0.3, -0.25) is 4.79 Å². The van der Waals surface area contributed by atoms with E-state index in [4.69, 9.17) is 9.84 Å². The van der Waals surface area contributed by atoms with Crippen molar-refractivity contribution in [2.75, 3.05) is 12.4 Å². The van der Waals surface area contributed by atoms with Crippen LogP contribution in [-0.4, -0.2) is 34.6 Å². The van der Waals surface area contributed by atoms with Crippen LogP contribution in [0.15, 0.2) is 27.7 Å². The number of carbonyl (C=O) groups is 2. The zero-order chi connectivity index (χ0) is 17.9. The van der Waals surface area contributed by atoms with Crippen molar-refractivity contribution in [2.24, 2.45) is 7.05 Å². The van der Waals surface area contributed by atoms with E-state index in [1.807, 2.05) is 0 Å². The summed E-state index contributed by atoms with van der Waals surface area (Å²) in [6, 6.07) is 4.11. The lowest BCUT2D eigenvalue weighted by Crippen LogP contribution is -2.33. The molecule has 1 aromatic carbocycles. The molecule has 0 aliphatic rings. The highest BCUT2D eigenvalue weighted by Gasteiger charge is 2.23. The second kappa shape index (κ2) is 7.21. The summed E-state index contributed by atoms with van der Waals surface area (Å²) >= 11 is 1.000. The first kappa shape index (κ1) is 17.6. The van der Waals surface area contributed by atoms with Crippen LogP contribution in [0.3, 0.4) is 0 Å². The molecule has 0 fully saturated rings. The number of aryl methyl sites for hydroxylation is 1. The highest BCUT2D eigenvalue weighted by molar-refractivity contribution is 8.00. The van der Waals surface area contributed by atoms with Crippen LogP contribution in [0, 0.1) is 0 Å². The van der Waals surface area contributed by atoms with Crippen LogP contribution >= 0.6 is 11.8 Å². The van der Waals surface area contributed by atoms with E-state index in [0.29, 0.717) is 5.69 Å². The molecule has 2 N–H and O–H groups in total. The van der Waals surface area contributed by atoms with Gasteiger partial charge in [-0.25, -0.2) is 4.79 Å². The van der Waals surface area contributed by atoms with Gasteiger partial charge in [0.1, 0.15) is 5.75 Å². The van der Waals surface area contributed by atoms with Gasteiger partial charge >= 0.3 is 5.97 Å². The minimum Gasteiger partial charge on any atom is -0.538 e. The number of benzene rings is 1. The third-order valence-electron chi connectivity index (χ3n) is 3.08. The van der Waals surface area contributed by atoms with Gasteiger partial charge in [-0.15, -0.1) is 0 Å². The Morgan fingerprint density at radius 3 is 2.75 bits per heavy atom. The third-order valence-corrected chi connectivity index (χ3v) is 4.30. The van der Waals surface area contributed by atoms with Crippen molar-refractivity contribution in [3.05, 3.63) is 23.8 Å². The van der Waals surface area contributed by atoms with Gasteiger partial charge < -0.3 is 24.8 Å². The van der Waals surface area contributed by atoms with Crippen molar-refractivity contribution in [3.63, 3.8) is 0 Å². The molecular weight excluding hydrogens is 338 g/mol. The predicted octanol–water partition coefficient (Wildman–Crippen LogP) is 0.399. The van der Waals surface area contributed by atoms with E-state index < -0.39 is 17.2 Å². The Bertz CT molecular complexity index is 756. The van der Waals surface area contributed by atoms with Crippen LogP contribution < -0.4 is 19.8 Å². The van der Waals surface area contributed by atoms with E-state index >= 15 is 0 Å². The van der Waals surface area contributed by atoms with E-state index in [2.05, 4.69) is 15.1 Å². The average Bonchev–Trinajstić information content (AvgIpc) is 2.86. The second-order valence-corrected chi connectivity index (χ2v) is 6.09. The van der Waals surface area contributed by atoms with Crippen LogP contribution in [-0.2, 0) is 11.8 Å². The molecule has 0 saturated carbocycles. The molecule has 1 amide bonds. The Hall–Kier alpha value is -2.75.